The first-order valence-corrected chi connectivity index (χ1v) is 11.4. The molecule has 0 aromatic heterocycles. The van der Waals surface area contributed by atoms with E-state index in [9.17, 15) is 4.79 Å². The molecule has 4 heteroatoms. The summed E-state index contributed by atoms with van der Waals surface area (Å²) < 4.78 is 5.90. The van der Waals surface area contributed by atoms with Crippen LogP contribution in [0.2, 0.25) is 0 Å². The summed E-state index contributed by atoms with van der Waals surface area (Å²) in [4.78, 5) is 15.5. The fraction of sp³-hybridized carbons (Fsp3) is 0.321. The van der Waals surface area contributed by atoms with Gasteiger partial charge in [0.2, 0.25) is 0 Å². The fourth-order valence-electron chi connectivity index (χ4n) is 4.18. The van der Waals surface area contributed by atoms with E-state index in [1.807, 2.05) is 59.5 Å². The van der Waals surface area contributed by atoms with E-state index in [-0.39, 0.29) is 5.91 Å². The topological polar surface area (TPSA) is 41.6 Å². The molecular weight excluding hydrogens is 396 g/mol. The lowest BCUT2D eigenvalue weighted by molar-refractivity contribution is 0.0539. The highest BCUT2D eigenvalue weighted by Crippen LogP contribution is 2.38. The molecule has 1 amide bonds. The fourth-order valence-corrected chi connectivity index (χ4v) is 4.18. The Bertz CT molecular complexity index is 1050. The van der Waals surface area contributed by atoms with Crippen LogP contribution in [0.5, 0.6) is 5.75 Å². The van der Waals surface area contributed by atoms with Crippen molar-refractivity contribution in [3.8, 4) is 5.75 Å². The molecule has 1 atom stereocenters. The molecular formula is C28H32N2O2. The second-order valence-electron chi connectivity index (χ2n) is 8.99. The summed E-state index contributed by atoms with van der Waals surface area (Å²) in [5, 5.41) is 3.65. The number of para-hydroxylation sites is 1. The number of nitrogens with one attached hydrogen (secondary N) is 1. The molecule has 1 N–H and O–H groups in total. The molecule has 0 bridgehead atoms. The van der Waals surface area contributed by atoms with Gasteiger partial charge in [0.15, 0.2) is 0 Å². The third-order valence-electron chi connectivity index (χ3n) is 6.17. The normalized spacial score (nSPS) is 17.8. The number of nitrogens with zero attached hydrogens (tertiary/aromatic N) is 1. The molecule has 4 rings (SSSR count). The number of rotatable bonds is 8. The van der Waals surface area contributed by atoms with Gasteiger partial charge < -0.3 is 15.0 Å². The predicted octanol–water partition coefficient (Wildman–Crippen LogP) is 6.09. The highest BCUT2D eigenvalue weighted by atomic mass is 16.5. The molecule has 0 saturated heterocycles. The monoisotopic (exact) mass is 428 g/mol. The van der Waals surface area contributed by atoms with Crippen LogP contribution in [0, 0.1) is 5.92 Å². The standard InChI is InChI=1S/C28H32N2O2/c1-21(2)18-20-32-24-15-13-23(14-16-24)28(3)29-26-12-8-7-11-25(26)27(31)30(28)19-17-22-9-5-4-6-10-22/h4-16,21,29H,17-20H2,1-3H3. The first-order valence-electron chi connectivity index (χ1n) is 11.4. The second kappa shape index (κ2) is 9.47. The quantitative estimate of drug-likeness (QED) is 0.472. The lowest BCUT2D eigenvalue weighted by Crippen LogP contribution is -2.56. The smallest absolute Gasteiger partial charge is 0.258 e. The van der Waals surface area contributed by atoms with Gasteiger partial charge in [-0.15, -0.1) is 0 Å². The van der Waals surface area contributed by atoms with Gasteiger partial charge in [-0.05, 0) is 61.1 Å². The van der Waals surface area contributed by atoms with Crippen molar-refractivity contribution in [2.24, 2.45) is 5.92 Å². The number of benzene rings is 3. The van der Waals surface area contributed by atoms with E-state index in [0.717, 1.165) is 29.8 Å². The molecule has 166 valence electrons. The summed E-state index contributed by atoms with van der Waals surface area (Å²) in [5.74, 6) is 1.52. The van der Waals surface area contributed by atoms with Gasteiger partial charge in [0.05, 0.1) is 12.2 Å². The number of anilines is 1. The van der Waals surface area contributed by atoms with Crippen LogP contribution in [-0.4, -0.2) is 24.0 Å². The van der Waals surface area contributed by atoms with Gasteiger partial charge in [0, 0.05) is 12.2 Å². The zero-order valence-corrected chi connectivity index (χ0v) is 19.2. The molecule has 3 aromatic rings. The van der Waals surface area contributed by atoms with Crippen LogP contribution in [0.25, 0.3) is 0 Å². The molecule has 0 aliphatic carbocycles. The Labute approximate surface area is 191 Å². The van der Waals surface area contributed by atoms with Crippen molar-refractivity contribution in [2.75, 3.05) is 18.5 Å². The van der Waals surface area contributed by atoms with E-state index in [2.05, 4.69) is 50.4 Å². The molecule has 3 aromatic carbocycles. The Morgan fingerprint density at radius 1 is 0.938 bits per heavy atom. The summed E-state index contributed by atoms with van der Waals surface area (Å²) in [6, 6.07) is 26.2. The summed E-state index contributed by atoms with van der Waals surface area (Å²) in [6.45, 7) is 7.80. The summed E-state index contributed by atoms with van der Waals surface area (Å²) in [7, 11) is 0. The Hall–Kier alpha value is -3.27. The van der Waals surface area contributed by atoms with Crippen molar-refractivity contribution in [1.29, 1.82) is 0 Å². The van der Waals surface area contributed by atoms with Crippen LogP contribution in [0.15, 0.2) is 78.9 Å². The van der Waals surface area contributed by atoms with Gasteiger partial charge in [0.25, 0.3) is 5.91 Å². The van der Waals surface area contributed by atoms with Crippen molar-refractivity contribution in [3.05, 3.63) is 95.6 Å². The molecule has 0 spiro atoms. The van der Waals surface area contributed by atoms with Crippen molar-refractivity contribution < 1.29 is 9.53 Å². The van der Waals surface area contributed by atoms with Crippen LogP contribution in [0.3, 0.4) is 0 Å². The lowest BCUT2D eigenvalue weighted by Gasteiger charge is -2.47. The maximum atomic E-state index is 13.6. The Morgan fingerprint density at radius 2 is 1.62 bits per heavy atom. The van der Waals surface area contributed by atoms with Crippen LogP contribution >= 0.6 is 0 Å². The zero-order valence-electron chi connectivity index (χ0n) is 19.2. The molecule has 0 radical (unpaired) electrons. The minimum Gasteiger partial charge on any atom is -0.494 e. The molecule has 1 unspecified atom stereocenters. The number of amides is 1. The number of hydrogen-bond donors (Lipinski definition) is 1. The van der Waals surface area contributed by atoms with Crippen molar-refractivity contribution in [3.63, 3.8) is 0 Å². The van der Waals surface area contributed by atoms with Crippen molar-refractivity contribution in [1.82, 2.24) is 4.90 Å². The summed E-state index contributed by atoms with van der Waals surface area (Å²) in [5.41, 5.74) is 3.18. The summed E-state index contributed by atoms with van der Waals surface area (Å²) >= 11 is 0. The third-order valence-corrected chi connectivity index (χ3v) is 6.17. The highest BCUT2D eigenvalue weighted by molar-refractivity contribution is 6.02. The molecule has 32 heavy (non-hydrogen) atoms. The van der Waals surface area contributed by atoms with Gasteiger partial charge >= 0.3 is 0 Å². The molecule has 4 nitrogen and oxygen atoms in total. The number of hydrogen-bond acceptors (Lipinski definition) is 3. The van der Waals surface area contributed by atoms with Crippen LogP contribution in [0.4, 0.5) is 5.69 Å². The van der Waals surface area contributed by atoms with Crippen molar-refractivity contribution in [2.45, 2.75) is 39.3 Å². The van der Waals surface area contributed by atoms with E-state index in [1.165, 1.54) is 5.56 Å². The van der Waals surface area contributed by atoms with E-state index in [0.29, 0.717) is 24.6 Å². The van der Waals surface area contributed by atoms with Gasteiger partial charge in [0.1, 0.15) is 11.4 Å². The van der Waals surface area contributed by atoms with E-state index in [4.69, 9.17) is 4.74 Å². The second-order valence-corrected chi connectivity index (χ2v) is 8.99. The minimum absolute atomic E-state index is 0.0510. The van der Waals surface area contributed by atoms with Crippen LogP contribution in [-0.2, 0) is 12.1 Å². The predicted molar refractivity (Wildman–Crippen MR) is 130 cm³/mol. The first-order chi connectivity index (χ1) is 15.5. The Balaban J connectivity index is 1.61. The zero-order chi connectivity index (χ0) is 22.6. The maximum absolute atomic E-state index is 13.6. The van der Waals surface area contributed by atoms with E-state index >= 15 is 0 Å². The van der Waals surface area contributed by atoms with Gasteiger partial charge in [-0.25, -0.2) is 0 Å². The number of carbonyl (C=O) groups excluding carboxylic acids is 1. The number of carbonyl (C=O) groups is 1. The maximum Gasteiger partial charge on any atom is 0.258 e. The SMILES string of the molecule is CC(C)CCOc1ccc(C2(C)Nc3ccccc3C(=O)N2CCc2ccccc2)cc1. The minimum atomic E-state index is -0.656. The highest BCUT2D eigenvalue weighted by Gasteiger charge is 2.42. The van der Waals surface area contributed by atoms with Gasteiger partial charge in [-0.3, -0.25) is 4.79 Å². The van der Waals surface area contributed by atoms with Crippen LogP contribution in [0.1, 0.15) is 48.7 Å². The number of fused-ring (bicyclic) bond motifs is 1. The summed E-state index contributed by atoms with van der Waals surface area (Å²) in [6.07, 6.45) is 1.82. The first kappa shape index (κ1) is 21.9. The van der Waals surface area contributed by atoms with Gasteiger partial charge in [-0.1, -0.05) is 68.4 Å². The molecule has 0 saturated carbocycles. The third kappa shape index (κ3) is 4.64. The lowest BCUT2D eigenvalue weighted by atomic mass is 9.93. The average Bonchev–Trinajstić information content (AvgIpc) is 2.80. The number of ether oxygens (including phenoxy) is 1. The molecule has 0 fully saturated rings. The van der Waals surface area contributed by atoms with E-state index in [1.54, 1.807) is 0 Å². The van der Waals surface area contributed by atoms with E-state index < -0.39 is 5.66 Å². The van der Waals surface area contributed by atoms with Crippen molar-refractivity contribution >= 4 is 11.6 Å². The average molecular weight is 429 g/mol. The molecule has 1 aliphatic heterocycles. The Kier molecular flexibility index (Phi) is 6.50. The van der Waals surface area contributed by atoms with Crippen LogP contribution < -0.4 is 10.1 Å². The Morgan fingerprint density at radius 3 is 2.34 bits per heavy atom. The largest absolute Gasteiger partial charge is 0.494 e. The van der Waals surface area contributed by atoms with Gasteiger partial charge in [-0.2, -0.15) is 0 Å². The molecule has 1 aliphatic rings. The molecule has 1 heterocycles.